The number of piperazine rings is 1. The number of amides is 1. The number of nitrogens with zero attached hydrogens (tertiary/aromatic N) is 2. The number of aryl methyl sites for hydroxylation is 1. The number of carbonyl (C=O) groups excluding carboxylic acids is 1. The van der Waals surface area contributed by atoms with Gasteiger partial charge in [-0.1, -0.05) is 0 Å². The highest BCUT2D eigenvalue weighted by atomic mass is 16.2. The van der Waals surface area contributed by atoms with Crippen LogP contribution in [0.3, 0.4) is 0 Å². The molecule has 16 heavy (non-hydrogen) atoms. The Hall–Kier alpha value is -1.40. The molecule has 1 aliphatic heterocycles. The molecule has 88 valence electrons. The van der Waals surface area contributed by atoms with Crippen LogP contribution in [0.1, 0.15) is 5.69 Å². The number of hydrogen-bond donors (Lipinski definition) is 3. The Morgan fingerprint density at radius 3 is 2.94 bits per heavy atom. The van der Waals surface area contributed by atoms with E-state index in [1.54, 1.807) is 0 Å². The largest absolute Gasteiger partial charge is 0.314 e. The highest BCUT2D eigenvalue weighted by molar-refractivity contribution is 5.91. The van der Waals surface area contributed by atoms with E-state index in [1.165, 1.54) is 0 Å². The van der Waals surface area contributed by atoms with Crippen LogP contribution in [-0.4, -0.2) is 53.7 Å². The van der Waals surface area contributed by atoms with Gasteiger partial charge in [-0.15, -0.1) is 0 Å². The van der Waals surface area contributed by atoms with E-state index in [4.69, 9.17) is 0 Å². The summed E-state index contributed by atoms with van der Waals surface area (Å²) in [5.74, 6) is 0.589. The average Bonchev–Trinajstić information content (AvgIpc) is 2.65. The fourth-order valence-electron chi connectivity index (χ4n) is 1.74. The quantitative estimate of drug-likeness (QED) is 0.649. The zero-order valence-electron chi connectivity index (χ0n) is 9.42. The van der Waals surface area contributed by atoms with E-state index >= 15 is 0 Å². The van der Waals surface area contributed by atoms with Gasteiger partial charge in [0.05, 0.1) is 6.54 Å². The molecule has 6 nitrogen and oxygen atoms in total. The number of aromatic nitrogens is 2. The predicted molar refractivity (Wildman–Crippen MR) is 61.3 cm³/mol. The van der Waals surface area contributed by atoms with Crippen LogP contribution in [0, 0.1) is 6.92 Å². The lowest BCUT2D eigenvalue weighted by Gasteiger charge is -2.26. The van der Waals surface area contributed by atoms with E-state index in [-0.39, 0.29) is 5.91 Å². The fourth-order valence-corrected chi connectivity index (χ4v) is 1.74. The molecule has 2 rings (SSSR count). The Bertz CT molecular complexity index is 356. The van der Waals surface area contributed by atoms with Crippen molar-refractivity contribution in [1.82, 2.24) is 20.4 Å². The highest BCUT2D eigenvalue weighted by Gasteiger charge is 2.13. The molecule has 0 radical (unpaired) electrons. The van der Waals surface area contributed by atoms with Crippen molar-refractivity contribution in [1.29, 1.82) is 0 Å². The van der Waals surface area contributed by atoms with Crippen LogP contribution in [-0.2, 0) is 4.79 Å². The lowest BCUT2D eigenvalue weighted by Crippen LogP contribution is -2.46. The summed E-state index contributed by atoms with van der Waals surface area (Å²) in [7, 11) is 0. The van der Waals surface area contributed by atoms with Crippen LogP contribution in [0.5, 0.6) is 0 Å². The van der Waals surface area contributed by atoms with Gasteiger partial charge in [-0.25, -0.2) is 0 Å². The van der Waals surface area contributed by atoms with Crippen molar-refractivity contribution in [2.24, 2.45) is 0 Å². The van der Waals surface area contributed by atoms with Crippen molar-refractivity contribution in [3.8, 4) is 0 Å². The fraction of sp³-hybridized carbons (Fsp3) is 0.600. The molecule has 0 aliphatic carbocycles. The van der Waals surface area contributed by atoms with E-state index in [0.717, 1.165) is 31.9 Å². The molecule has 1 fully saturated rings. The Morgan fingerprint density at radius 1 is 1.56 bits per heavy atom. The number of carbonyl (C=O) groups is 1. The van der Waals surface area contributed by atoms with Crippen molar-refractivity contribution in [2.75, 3.05) is 38.0 Å². The molecule has 2 heterocycles. The van der Waals surface area contributed by atoms with Crippen LogP contribution in [0.2, 0.25) is 0 Å². The van der Waals surface area contributed by atoms with Gasteiger partial charge in [-0.05, 0) is 6.92 Å². The normalized spacial score (nSPS) is 17.3. The van der Waals surface area contributed by atoms with Crippen LogP contribution < -0.4 is 10.6 Å². The van der Waals surface area contributed by atoms with Crippen LogP contribution in [0.15, 0.2) is 6.07 Å². The molecule has 0 atom stereocenters. The van der Waals surface area contributed by atoms with E-state index in [9.17, 15) is 4.79 Å². The SMILES string of the molecule is Cc1cc(NC(=O)CN2CCNCC2)n[nH]1. The molecule has 1 amide bonds. The molecule has 6 heteroatoms. The minimum atomic E-state index is -0.00611. The molecule has 0 aromatic carbocycles. The second kappa shape index (κ2) is 5.09. The van der Waals surface area contributed by atoms with Crippen molar-refractivity contribution < 1.29 is 4.79 Å². The second-order valence-corrected chi connectivity index (χ2v) is 4.01. The predicted octanol–water partition coefficient (Wildman–Crippen LogP) is -0.438. The first-order valence-corrected chi connectivity index (χ1v) is 5.49. The molecule has 0 spiro atoms. The average molecular weight is 223 g/mol. The molecular formula is C10H17N5O. The summed E-state index contributed by atoms with van der Waals surface area (Å²) < 4.78 is 0. The lowest BCUT2D eigenvalue weighted by molar-refractivity contribution is -0.117. The first-order chi connectivity index (χ1) is 7.74. The van der Waals surface area contributed by atoms with Gasteiger partial charge in [0.2, 0.25) is 5.91 Å². The Labute approximate surface area is 94.4 Å². The maximum absolute atomic E-state index is 11.7. The van der Waals surface area contributed by atoms with Crippen molar-refractivity contribution >= 4 is 11.7 Å². The minimum absolute atomic E-state index is 0.00611. The minimum Gasteiger partial charge on any atom is -0.314 e. The Kier molecular flexibility index (Phi) is 3.53. The summed E-state index contributed by atoms with van der Waals surface area (Å²) in [5.41, 5.74) is 0.942. The number of H-pyrrole nitrogens is 1. The van der Waals surface area contributed by atoms with Gasteiger partial charge >= 0.3 is 0 Å². The van der Waals surface area contributed by atoms with Crippen molar-refractivity contribution in [3.05, 3.63) is 11.8 Å². The highest BCUT2D eigenvalue weighted by Crippen LogP contribution is 2.03. The zero-order chi connectivity index (χ0) is 11.4. The Balaban J connectivity index is 1.79. The third-order valence-electron chi connectivity index (χ3n) is 2.55. The topological polar surface area (TPSA) is 73.1 Å². The van der Waals surface area contributed by atoms with Gasteiger partial charge in [0.1, 0.15) is 0 Å². The van der Waals surface area contributed by atoms with Crippen LogP contribution in [0.25, 0.3) is 0 Å². The standard InChI is InChI=1S/C10H17N5O/c1-8-6-9(14-13-8)12-10(16)7-15-4-2-11-3-5-15/h6,11H,2-5,7H2,1H3,(H2,12,13,14,16). The molecule has 1 aliphatic rings. The third-order valence-corrected chi connectivity index (χ3v) is 2.55. The number of aromatic amines is 1. The summed E-state index contributed by atoms with van der Waals surface area (Å²) in [6, 6.07) is 1.82. The molecule has 3 N–H and O–H groups in total. The maximum Gasteiger partial charge on any atom is 0.239 e. The monoisotopic (exact) mass is 223 g/mol. The van der Waals surface area contributed by atoms with Crippen LogP contribution in [0.4, 0.5) is 5.82 Å². The third kappa shape index (κ3) is 3.04. The van der Waals surface area contributed by atoms with Gasteiger partial charge in [-0.3, -0.25) is 14.8 Å². The summed E-state index contributed by atoms with van der Waals surface area (Å²) >= 11 is 0. The van der Waals surface area contributed by atoms with E-state index < -0.39 is 0 Å². The first kappa shape index (κ1) is 11.1. The first-order valence-electron chi connectivity index (χ1n) is 5.49. The molecular weight excluding hydrogens is 206 g/mol. The smallest absolute Gasteiger partial charge is 0.239 e. The second-order valence-electron chi connectivity index (χ2n) is 4.01. The van der Waals surface area contributed by atoms with Gasteiger partial charge in [0.15, 0.2) is 5.82 Å². The number of hydrogen-bond acceptors (Lipinski definition) is 4. The maximum atomic E-state index is 11.7. The van der Waals surface area contributed by atoms with E-state index in [1.807, 2.05) is 13.0 Å². The summed E-state index contributed by atoms with van der Waals surface area (Å²) in [5, 5.41) is 12.8. The number of rotatable bonds is 3. The van der Waals surface area contributed by atoms with Crippen LogP contribution >= 0.6 is 0 Å². The number of nitrogens with one attached hydrogen (secondary N) is 3. The number of anilines is 1. The van der Waals surface area contributed by atoms with Gasteiger partial charge < -0.3 is 10.6 Å². The molecule has 1 aromatic rings. The zero-order valence-corrected chi connectivity index (χ0v) is 9.42. The summed E-state index contributed by atoms with van der Waals surface area (Å²) in [4.78, 5) is 13.8. The summed E-state index contributed by atoms with van der Waals surface area (Å²) in [6.07, 6.45) is 0. The van der Waals surface area contributed by atoms with Crippen molar-refractivity contribution in [2.45, 2.75) is 6.92 Å². The van der Waals surface area contributed by atoms with Gasteiger partial charge in [-0.2, -0.15) is 5.10 Å². The van der Waals surface area contributed by atoms with Gasteiger partial charge in [0, 0.05) is 37.9 Å². The lowest BCUT2D eigenvalue weighted by atomic mass is 10.3. The van der Waals surface area contributed by atoms with E-state index in [0.29, 0.717) is 12.4 Å². The molecule has 0 saturated carbocycles. The molecule has 0 bridgehead atoms. The molecule has 1 aromatic heterocycles. The van der Waals surface area contributed by atoms with E-state index in [2.05, 4.69) is 25.7 Å². The Morgan fingerprint density at radius 2 is 2.31 bits per heavy atom. The molecule has 0 unspecified atom stereocenters. The van der Waals surface area contributed by atoms with Gasteiger partial charge in [0.25, 0.3) is 0 Å². The van der Waals surface area contributed by atoms with Crippen molar-refractivity contribution in [3.63, 3.8) is 0 Å². The molecule has 1 saturated heterocycles. The summed E-state index contributed by atoms with van der Waals surface area (Å²) in [6.45, 7) is 6.09.